The molecule has 3 heterocycles. The number of anilines is 2. The number of aryl methyl sites for hydroxylation is 2. The molecule has 3 aromatic carbocycles. The van der Waals surface area contributed by atoms with Crippen molar-refractivity contribution in [3.63, 3.8) is 0 Å². The lowest BCUT2D eigenvalue weighted by Gasteiger charge is -2.38. The molecule has 0 radical (unpaired) electrons. The van der Waals surface area contributed by atoms with Crippen LogP contribution in [0.4, 0.5) is 34.1 Å². The Morgan fingerprint density at radius 3 is 2.56 bits per heavy atom. The number of carbonyl (C=O) groups is 2. The molecule has 4 amide bonds. The zero-order valence-electron chi connectivity index (χ0n) is 29.8. The number of imidazole rings is 1. The third kappa shape index (κ3) is 8.25. The van der Waals surface area contributed by atoms with Gasteiger partial charge < -0.3 is 35.6 Å². The zero-order chi connectivity index (χ0) is 37.2. The van der Waals surface area contributed by atoms with Crippen LogP contribution in [0.2, 0.25) is 5.02 Å². The number of nitrogens with zero attached hydrogens (tertiary/aromatic N) is 5. The van der Waals surface area contributed by atoms with Gasteiger partial charge >= 0.3 is 18.2 Å². The summed E-state index contributed by atoms with van der Waals surface area (Å²) in [5, 5.41) is 5.94. The summed E-state index contributed by atoms with van der Waals surface area (Å²) in [5.74, 6) is 0.536. The van der Waals surface area contributed by atoms with Crippen LogP contribution in [0.3, 0.4) is 0 Å². The van der Waals surface area contributed by atoms with Gasteiger partial charge in [-0.2, -0.15) is 13.2 Å². The molecule has 4 N–H and O–H groups in total. The number of urea groups is 2. The lowest BCUT2D eigenvalue weighted by Crippen LogP contribution is -2.52. The van der Waals surface area contributed by atoms with E-state index in [9.17, 15) is 22.8 Å². The van der Waals surface area contributed by atoms with E-state index in [-0.39, 0.29) is 35.1 Å². The second-order valence-corrected chi connectivity index (χ2v) is 14.3. The summed E-state index contributed by atoms with van der Waals surface area (Å²) in [4.78, 5) is 37.8. The molecule has 14 heteroatoms. The maximum atomic E-state index is 14.0. The fourth-order valence-electron chi connectivity index (χ4n) is 7.38. The smallest absolute Gasteiger partial charge is 0.397 e. The first-order valence-electron chi connectivity index (χ1n) is 17.8. The number of nitrogens with two attached hydrogens (primary N) is 1. The number of aromatic nitrogens is 2. The molecule has 10 nitrogen and oxygen atoms in total. The van der Waals surface area contributed by atoms with E-state index in [1.165, 1.54) is 6.07 Å². The number of hydrogen-bond acceptors (Lipinski definition) is 5. The summed E-state index contributed by atoms with van der Waals surface area (Å²) in [7, 11) is 4.07. The highest BCUT2D eigenvalue weighted by molar-refractivity contribution is 6.33. The second-order valence-electron chi connectivity index (χ2n) is 13.9. The molecule has 1 atom stereocenters. The molecule has 52 heavy (non-hydrogen) atoms. The summed E-state index contributed by atoms with van der Waals surface area (Å²) in [5.41, 5.74) is 9.13. The number of benzene rings is 3. The van der Waals surface area contributed by atoms with Crippen molar-refractivity contribution in [2.24, 2.45) is 0 Å². The largest absolute Gasteiger partial charge is 0.418 e. The van der Waals surface area contributed by atoms with Gasteiger partial charge in [-0.3, -0.25) is 0 Å². The number of rotatable bonds is 10. The van der Waals surface area contributed by atoms with Crippen LogP contribution in [0.15, 0.2) is 54.6 Å². The van der Waals surface area contributed by atoms with Crippen molar-refractivity contribution >= 4 is 46.1 Å². The highest BCUT2D eigenvalue weighted by Crippen LogP contribution is 2.39. The van der Waals surface area contributed by atoms with E-state index in [0.717, 1.165) is 59.7 Å². The predicted molar refractivity (Wildman–Crippen MR) is 199 cm³/mol. The molecular weight excluding hydrogens is 693 g/mol. The number of para-hydroxylation sites is 1. The molecule has 1 unspecified atom stereocenters. The van der Waals surface area contributed by atoms with Crippen LogP contribution in [-0.4, -0.2) is 82.6 Å². The van der Waals surface area contributed by atoms with Crippen LogP contribution in [0.25, 0.3) is 11.0 Å². The highest BCUT2D eigenvalue weighted by atomic mass is 35.5. The van der Waals surface area contributed by atoms with Gasteiger partial charge in [-0.1, -0.05) is 35.9 Å². The van der Waals surface area contributed by atoms with Crippen LogP contribution in [0.5, 0.6) is 0 Å². The number of nitrogen functional groups attached to an aromatic ring is 1. The van der Waals surface area contributed by atoms with E-state index < -0.39 is 23.5 Å². The second kappa shape index (κ2) is 15.6. The van der Waals surface area contributed by atoms with Crippen molar-refractivity contribution in [2.75, 3.05) is 51.3 Å². The molecule has 0 spiro atoms. The van der Waals surface area contributed by atoms with E-state index in [1.807, 2.05) is 66.9 Å². The Labute approximate surface area is 307 Å². The number of nitrogens with one attached hydrogen (secondary N) is 2. The first-order chi connectivity index (χ1) is 24.8. The summed E-state index contributed by atoms with van der Waals surface area (Å²) < 4.78 is 43.9. The SMILES string of the molecule is CCn1c(C(Cc2cc(Cl)c(N)c(C(F)(F)F)c2)NC(=O)N2CCC(N3CCc4ccccc4NC3=O)CC2)nc2cc(CCCN(C)C)ccc21. The van der Waals surface area contributed by atoms with Gasteiger partial charge in [0.2, 0.25) is 0 Å². The summed E-state index contributed by atoms with van der Waals surface area (Å²) in [6.45, 7) is 4.84. The minimum atomic E-state index is -4.71. The fourth-order valence-corrected chi connectivity index (χ4v) is 7.62. The molecule has 1 saturated heterocycles. The standard InChI is InChI=1S/C38H46ClF3N8O2/c1-4-49-33-12-11-24(8-7-16-47(2)3)22-31(33)44-35(49)32(23-25-20-28(38(40,41)42)34(43)29(39)21-25)46-36(51)48-17-14-27(15-18-48)50-19-13-26-9-5-6-10-30(26)45-37(50)52/h5-6,9-12,20-22,27,32H,4,7-8,13-19,23,43H2,1-3H3,(H,45,52)(H,46,51). The molecule has 4 aromatic rings. The molecule has 2 aliphatic heterocycles. The van der Waals surface area contributed by atoms with Gasteiger partial charge in [-0.25, -0.2) is 14.6 Å². The first kappa shape index (κ1) is 37.3. The zero-order valence-corrected chi connectivity index (χ0v) is 30.5. The van der Waals surface area contributed by atoms with Crippen LogP contribution >= 0.6 is 11.6 Å². The van der Waals surface area contributed by atoms with Crippen molar-refractivity contribution in [3.8, 4) is 0 Å². The average molecular weight is 739 g/mol. The van der Waals surface area contributed by atoms with Gasteiger partial charge in [0, 0.05) is 44.3 Å². The molecule has 0 aliphatic carbocycles. The molecule has 278 valence electrons. The Morgan fingerprint density at radius 1 is 1.10 bits per heavy atom. The number of amides is 4. The van der Waals surface area contributed by atoms with Crippen LogP contribution in [0, 0.1) is 0 Å². The third-order valence-electron chi connectivity index (χ3n) is 10.1. The molecular formula is C38H46ClF3N8O2. The number of alkyl halides is 3. The van der Waals surface area contributed by atoms with Gasteiger partial charge in [0.1, 0.15) is 5.82 Å². The number of carbonyl (C=O) groups excluding carboxylic acids is 2. The summed E-state index contributed by atoms with van der Waals surface area (Å²) in [6.07, 6.45) is -0.945. The Bertz CT molecular complexity index is 1920. The Morgan fingerprint density at radius 2 is 1.85 bits per heavy atom. The molecule has 2 aliphatic rings. The molecule has 0 bridgehead atoms. The van der Waals surface area contributed by atoms with Gasteiger partial charge in [-0.15, -0.1) is 0 Å². The number of likely N-dealkylation sites (tertiary alicyclic amines) is 1. The van der Waals surface area contributed by atoms with Crippen molar-refractivity contribution in [1.82, 2.24) is 29.6 Å². The highest BCUT2D eigenvalue weighted by Gasteiger charge is 2.36. The Hall–Kier alpha value is -4.49. The van der Waals surface area contributed by atoms with Gasteiger partial charge in [0.15, 0.2) is 0 Å². The van der Waals surface area contributed by atoms with Crippen LogP contribution in [0.1, 0.15) is 60.3 Å². The summed E-state index contributed by atoms with van der Waals surface area (Å²) >= 11 is 6.23. The number of piperidine rings is 1. The van der Waals surface area contributed by atoms with E-state index >= 15 is 0 Å². The van der Waals surface area contributed by atoms with Crippen LogP contribution in [-0.2, 0) is 32.0 Å². The van der Waals surface area contributed by atoms with E-state index in [4.69, 9.17) is 22.3 Å². The van der Waals surface area contributed by atoms with Gasteiger partial charge in [0.05, 0.1) is 33.3 Å². The third-order valence-corrected chi connectivity index (χ3v) is 10.4. The van der Waals surface area contributed by atoms with E-state index in [2.05, 4.69) is 21.6 Å². The Balaban J connectivity index is 1.24. The van der Waals surface area contributed by atoms with E-state index in [1.54, 1.807) is 4.90 Å². The molecule has 1 fully saturated rings. The monoisotopic (exact) mass is 738 g/mol. The molecule has 1 aromatic heterocycles. The molecule has 6 rings (SSSR count). The van der Waals surface area contributed by atoms with Gasteiger partial charge in [0.25, 0.3) is 0 Å². The number of hydrogen-bond donors (Lipinski definition) is 3. The van der Waals surface area contributed by atoms with Crippen molar-refractivity contribution < 1.29 is 22.8 Å². The predicted octanol–water partition coefficient (Wildman–Crippen LogP) is 7.35. The van der Waals surface area contributed by atoms with Crippen molar-refractivity contribution in [1.29, 1.82) is 0 Å². The van der Waals surface area contributed by atoms with Crippen LogP contribution < -0.4 is 16.4 Å². The molecule has 0 saturated carbocycles. The lowest BCUT2D eigenvalue weighted by atomic mass is 10.0. The van der Waals surface area contributed by atoms with E-state index in [0.29, 0.717) is 44.8 Å². The van der Waals surface area contributed by atoms with Crippen molar-refractivity contribution in [2.45, 2.75) is 70.3 Å². The number of halogens is 4. The fraction of sp³-hybridized carbons (Fsp3) is 0.447. The van der Waals surface area contributed by atoms with Crippen molar-refractivity contribution in [3.05, 3.63) is 87.7 Å². The first-order valence-corrected chi connectivity index (χ1v) is 18.2. The normalized spacial score (nSPS) is 16.2. The average Bonchev–Trinajstić information content (AvgIpc) is 3.38. The minimum Gasteiger partial charge on any atom is -0.397 e. The Kier molecular flexibility index (Phi) is 11.2. The summed E-state index contributed by atoms with van der Waals surface area (Å²) in [6, 6.07) is 15.0. The number of fused-ring (bicyclic) bond motifs is 2. The lowest BCUT2D eigenvalue weighted by molar-refractivity contribution is -0.137. The minimum absolute atomic E-state index is 0.00118. The quantitative estimate of drug-likeness (QED) is 0.147. The topological polar surface area (TPSA) is 112 Å². The maximum Gasteiger partial charge on any atom is 0.418 e. The maximum absolute atomic E-state index is 14.0. The van der Waals surface area contributed by atoms with Gasteiger partial charge in [-0.05, 0) is 107 Å².